The van der Waals surface area contributed by atoms with Gasteiger partial charge in [-0.3, -0.25) is 5.43 Å². The third kappa shape index (κ3) is 4.46. The van der Waals surface area contributed by atoms with Gasteiger partial charge in [0.25, 0.3) is 0 Å². The molecule has 0 aliphatic heterocycles. The topological polar surface area (TPSA) is 33.6 Å². The summed E-state index contributed by atoms with van der Waals surface area (Å²) in [6.07, 6.45) is 0. The van der Waals surface area contributed by atoms with Crippen LogP contribution < -0.4 is 5.43 Å². The van der Waals surface area contributed by atoms with Crippen molar-refractivity contribution in [3.05, 3.63) is 40.6 Å². The summed E-state index contributed by atoms with van der Waals surface area (Å²) in [5.74, 6) is 0.298. The van der Waals surface area contributed by atoms with Crippen molar-refractivity contribution in [2.24, 2.45) is 5.10 Å². The maximum absolute atomic E-state index is 5.94. The van der Waals surface area contributed by atoms with E-state index in [1.165, 1.54) is 0 Å². The summed E-state index contributed by atoms with van der Waals surface area (Å²) in [5.41, 5.74) is 3.30. The average Bonchev–Trinajstić information content (AvgIpc) is 2.27. The van der Waals surface area contributed by atoms with E-state index in [1.54, 1.807) is 18.2 Å². The highest BCUT2D eigenvalue weighted by atomic mass is 35.5. The molecule has 17 heavy (non-hydrogen) atoms. The molecule has 1 aromatic carbocycles. The molecule has 0 aliphatic carbocycles. The predicted octanol–water partition coefficient (Wildman–Crippen LogP) is 4.51. The highest BCUT2D eigenvalue weighted by Crippen LogP contribution is 2.25. The van der Waals surface area contributed by atoms with Gasteiger partial charge >= 0.3 is 0 Å². The number of anilines is 1. The number of halogens is 3. The van der Waals surface area contributed by atoms with Gasteiger partial charge in [-0.05, 0) is 25.1 Å². The minimum Gasteiger partial charge on any atom is -0.491 e. The van der Waals surface area contributed by atoms with Crippen LogP contribution in [0.2, 0.25) is 10.0 Å². The molecule has 0 saturated carbocycles. The molecular formula is C11H11Cl3N2O. The summed E-state index contributed by atoms with van der Waals surface area (Å²) in [6, 6.07) is 4.99. The molecule has 0 heterocycles. The van der Waals surface area contributed by atoms with Crippen LogP contribution in [0.3, 0.4) is 0 Å². The third-order valence-electron chi connectivity index (χ3n) is 1.75. The van der Waals surface area contributed by atoms with E-state index in [1.807, 2.05) is 6.92 Å². The number of ether oxygens (including phenoxy) is 1. The SMILES string of the molecule is C=C(OCC)/C(Cl)=N/Nc1ccc(Cl)cc1Cl. The minimum absolute atomic E-state index is 0.137. The maximum Gasteiger partial charge on any atom is 0.190 e. The monoisotopic (exact) mass is 292 g/mol. The van der Waals surface area contributed by atoms with Crippen LogP contribution in [0.4, 0.5) is 5.69 Å². The lowest BCUT2D eigenvalue weighted by atomic mass is 10.3. The fraction of sp³-hybridized carbons (Fsp3) is 0.182. The predicted molar refractivity (Wildman–Crippen MR) is 74.1 cm³/mol. The van der Waals surface area contributed by atoms with Gasteiger partial charge in [-0.15, -0.1) is 0 Å². The van der Waals surface area contributed by atoms with E-state index in [-0.39, 0.29) is 5.17 Å². The summed E-state index contributed by atoms with van der Waals surface area (Å²) < 4.78 is 5.09. The average molecular weight is 294 g/mol. The standard InChI is InChI=1S/C11H11Cl3N2O/c1-3-17-7(2)11(14)16-15-10-5-4-8(12)6-9(10)13/h4-6,15H,2-3H2,1H3/b16-11-. The van der Waals surface area contributed by atoms with Gasteiger partial charge in [0.1, 0.15) is 0 Å². The molecular weight excluding hydrogens is 282 g/mol. The Morgan fingerprint density at radius 2 is 2.18 bits per heavy atom. The largest absolute Gasteiger partial charge is 0.491 e. The Morgan fingerprint density at radius 1 is 1.47 bits per heavy atom. The third-order valence-corrected chi connectivity index (χ3v) is 2.60. The summed E-state index contributed by atoms with van der Waals surface area (Å²) in [7, 11) is 0. The van der Waals surface area contributed by atoms with E-state index in [2.05, 4.69) is 17.1 Å². The summed E-state index contributed by atoms with van der Waals surface area (Å²) >= 11 is 17.5. The molecule has 3 nitrogen and oxygen atoms in total. The number of hydrazone groups is 1. The molecule has 1 rings (SSSR count). The van der Waals surface area contributed by atoms with Gasteiger partial charge in [-0.25, -0.2) is 0 Å². The van der Waals surface area contributed by atoms with Gasteiger partial charge in [-0.1, -0.05) is 41.4 Å². The molecule has 0 aliphatic rings. The van der Waals surface area contributed by atoms with Gasteiger partial charge in [0.2, 0.25) is 0 Å². The fourth-order valence-electron chi connectivity index (χ4n) is 0.986. The van der Waals surface area contributed by atoms with Crippen LogP contribution in [0, 0.1) is 0 Å². The van der Waals surface area contributed by atoms with E-state index < -0.39 is 0 Å². The normalized spacial score (nSPS) is 11.2. The van der Waals surface area contributed by atoms with E-state index >= 15 is 0 Å². The smallest absolute Gasteiger partial charge is 0.190 e. The van der Waals surface area contributed by atoms with Crippen LogP contribution >= 0.6 is 34.8 Å². The number of benzene rings is 1. The van der Waals surface area contributed by atoms with Gasteiger partial charge in [0.05, 0.1) is 17.3 Å². The van der Waals surface area contributed by atoms with Crippen molar-refractivity contribution in [1.29, 1.82) is 0 Å². The van der Waals surface area contributed by atoms with Crippen LogP contribution in [-0.4, -0.2) is 11.8 Å². The van der Waals surface area contributed by atoms with Crippen molar-refractivity contribution in [1.82, 2.24) is 0 Å². The summed E-state index contributed by atoms with van der Waals surface area (Å²) in [4.78, 5) is 0. The summed E-state index contributed by atoms with van der Waals surface area (Å²) in [5, 5.41) is 5.02. The van der Waals surface area contributed by atoms with E-state index in [0.717, 1.165) is 0 Å². The number of hydrogen-bond donors (Lipinski definition) is 1. The first-order chi connectivity index (χ1) is 8.04. The van der Waals surface area contributed by atoms with Gasteiger partial charge < -0.3 is 4.74 Å². The van der Waals surface area contributed by atoms with E-state index in [9.17, 15) is 0 Å². The van der Waals surface area contributed by atoms with Crippen molar-refractivity contribution in [3.8, 4) is 0 Å². The first-order valence-corrected chi connectivity index (χ1v) is 5.94. The van der Waals surface area contributed by atoms with Crippen LogP contribution in [0.1, 0.15) is 6.92 Å². The minimum atomic E-state index is 0.137. The first kappa shape index (κ1) is 14.2. The zero-order chi connectivity index (χ0) is 12.8. The molecule has 0 fully saturated rings. The first-order valence-electron chi connectivity index (χ1n) is 4.81. The Labute approximate surface area is 115 Å². The number of rotatable bonds is 5. The van der Waals surface area contributed by atoms with Crippen molar-refractivity contribution < 1.29 is 4.74 Å². The fourth-order valence-corrected chi connectivity index (χ4v) is 1.53. The van der Waals surface area contributed by atoms with Crippen molar-refractivity contribution >= 4 is 45.7 Å². The number of nitrogens with one attached hydrogen (secondary N) is 1. The zero-order valence-electron chi connectivity index (χ0n) is 9.14. The van der Waals surface area contributed by atoms with Crippen LogP contribution in [0.5, 0.6) is 0 Å². The molecule has 0 radical (unpaired) electrons. The molecule has 6 heteroatoms. The quantitative estimate of drug-likeness (QED) is 0.492. The Morgan fingerprint density at radius 3 is 2.76 bits per heavy atom. The van der Waals surface area contributed by atoms with Gasteiger partial charge in [0, 0.05) is 5.02 Å². The Balaban J connectivity index is 2.72. The summed E-state index contributed by atoms with van der Waals surface area (Å²) in [6.45, 7) is 5.92. The molecule has 0 saturated heterocycles. The Hall–Kier alpha value is -0.900. The molecule has 0 aromatic heterocycles. The van der Waals surface area contributed by atoms with E-state index in [4.69, 9.17) is 39.5 Å². The van der Waals surface area contributed by atoms with Gasteiger partial charge in [0.15, 0.2) is 10.9 Å². The lowest BCUT2D eigenvalue weighted by molar-refractivity contribution is 0.252. The zero-order valence-corrected chi connectivity index (χ0v) is 11.4. The molecule has 92 valence electrons. The molecule has 0 bridgehead atoms. The van der Waals surface area contributed by atoms with Crippen molar-refractivity contribution in [3.63, 3.8) is 0 Å². The van der Waals surface area contributed by atoms with Crippen LogP contribution in [0.15, 0.2) is 35.6 Å². The van der Waals surface area contributed by atoms with Crippen molar-refractivity contribution in [2.45, 2.75) is 6.92 Å². The lowest BCUT2D eigenvalue weighted by Crippen LogP contribution is -2.01. The molecule has 0 atom stereocenters. The molecule has 1 N–H and O–H groups in total. The van der Waals surface area contributed by atoms with Crippen molar-refractivity contribution in [2.75, 3.05) is 12.0 Å². The van der Waals surface area contributed by atoms with E-state index in [0.29, 0.717) is 28.1 Å². The second kappa shape index (κ2) is 6.74. The van der Waals surface area contributed by atoms with Crippen LogP contribution in [-0.2, 0) is 4.74 Å². The number of hydrogen-bond acceptors (Lipinski definition) is 3. The Bertz CT molecular complexity index is 446. The maximum atomic E-state index is 5.94. The molecule has 0 unspecified atom stereocenters. The molecule has 1 aromatic rings. The molecule has 0 spiro atoms. The highest BCUT2D eigenvalue weighted by molar-refractivity contribution is 6.69. The van der Waals surface area contributed by atoms with Gasteiger partial charge in [-0.2, -0.15) is 5.10 Å². The Kier molecular flexibility index (Phi) is 5.62. The molecule has 0 amide bonds. The number of nitrogens with zero attached hydrogens (tertiary/aromatic N) is 1. The second-order valence-corrected chi connectivity index (χ2v) is 4.20. The number of allylic oxidation sites excluding steroid dienone is 1. The second-order valence-electron chi connectivity index (χ2n) is 2.99. The highest BCUT2D eigenvalue weighted by Gasteiger charge is 2.03. The lowest BCUT2D eigenvalue weighted by Gasteiger charge is -2.06. The van der Waals surface area contributed by atoms with Crippen LogP contribution in [0.25, 0.3) is 0 Å².